The summed E-state index contributed by atoms with van der Waals surface area (Å²) >= 11 is 0. The highest BCUT2D eigenvalue weighted by Crippen LogP contribution is 2.42. The van der Waals surface area contributed by atoms with E-state index in [2.05, 4.69) is 17.1 Å². The molecule has 2 aromatic carbocycles. The highest BCUT2D eigenvalue weighted by molar-refractivity contribution is 6.02. The van der Waals surface area contributed by atoms with Gasteiger partial charge in [-0.05, 0) is 36.2 Å². The highest BCUT2D eigenvalue weighted by Gasteiger charge is 2.54. The third kappa shape index (κ3) is 3.57. The van der Waals surface area contributed by atoms with E-state index in [1.54, 1.807) is 11.9 Å². The van der Waals surface area contributed by atoms with Crippen LogP contribution in [0.4, 0.5) is 10.7 Å². The molecule has 3 heterocycles. The molecule has 1 aromatic heterocycles. The van der Waals surface area contributed by atoms with Crippen molar-refractivity contribution in [2.75, 3.05) is 25.5 Å². The minimum absolute atomic E-state index is 0.217. The van der Waals surface area contributed by atoms with Gasteiger partial charge in [0.1, 0.15) is 18.5 Å². The number of imide groups is 1. The Hall–Kier alpha value is -3.88. The second-order valence-corrected chi connectivity index (χ2v) is 8.69. The van der Waals surface area contributed by atoms with Crippen molar-refractivity contribution in [1.82, 2.24) is 24.6 Å². The third-order valence-electron chi connectivity index (χ3n) is 6.50. The fourth-order valence-corrected chi connectivity index (χ4v) is 4.64. The minimum Gasteiger partial charge on any atom is -0.489 e. The van der Waals surface area contributed by atoms with E-state index in [0.717, 1.165) is 29.7 Å². The van der Waals surface area contributed by atoms with E-state index in [9.17, 15) is 9.59 Å². The molecule has 9 nitrogen and oxygen atoms in total. The Balaban J connectivity index is 1.45. The number of nitrogens with zero attached hydrogens (tertiary/aromatic N) is 6. The molecule has 2 aliphatic rings. The van der Waals surface area contributed by atoms with Crippen LogP contribution in [0.1, 0.15) is 31.5 Å². The topological polar surface area (TPSA) is 83.8 Å². The van der Waals surface area contributed by atoms with Crippen LogP contribution in [0.15, 0.2) is 54.6 Å². The predicted molar refractivity (Wildman–Crippen MR) is 127 cm³/mol. The number of urea groups is 1. The zero-order valence-corrected chi connectivity index (χ0v) is 19.6. The number of anilines is 1. The zero-order valence-electron chi connectivity index (χ0n) is 19.6. The summed E-state index contributed by atoms with van der Waals surface area (Å²) in [4.78, 5) is 30.7. The smallest absolute Gasteiger partial charge is 0.327 e. The first-order valence-corrected chi connectivity index (χ1v) is 11.5. The minimum atomic E-state index is -0.517. The molecule has 1 fully saturated rings. The SMILES string of the molecule is CCCCN1c2nnc(-c3ccc(OCc4ccccc4)cc3)n2C2C1C(=O)N(C)C(=O)N2C. The van der Waals surface area contributed by atoms with Gasteiger partial charge in [-0.3, -0.25) is 14.3 Å². The number of likely N-dealkylation sites (N-methyl/N-ethyl adjacent to an activating group) is 2. The molecule has 3 aromatic rings. The van der Waals surface area contributed by atoms with Gasteiger partial charge in [-0.25, -0.2) is 4.79 Å². The van der Waals surface area contributed by atoms with Gasteiger partial charge in [0.15, 0.2) is 11.9 Å². The lowest BCUT2D eigenvalue weighted by atomic mass is 10.1. The molecule has 2 aliphatic heterocycles. The summed E-state index contributed by atoms with van der Waals surface area (Å²) in [5.41, 5.74) is 1.94. The Morgan fingerprint density at radius 3 is 2.41 bits per heavy atom. The van der Waals surface area contributed by atoms with E-state index < -0.39 is 12.2 Å². The molecular weight excluding hydrogens is 432 g/mol. The van der Waals surface area contributed by atoms with Crippen molar-refractivity contribution < 1.29 is 14.3 Å². The quantitative estimate of drug-likeness (QED) is 0.536. The van der Waals surface area contributed by atoms with Gasteiger partial charge in [0, 0.05) is 26.2 Å². The van der Waals surface area contributed by atoms with E-state index in [4.69, 9.17) is 4.74 Å². The van der Waals surface area contributed by atoms with E-state index >= 15 is 0 Å². The molecule has 0 saturated carbocycles. The van der Waals surface area contributed by atoms with Crippen LogP contribution in [0, 0.1) is 0 Å². The molecule has 0 radical (unpaired) electrons. The van der Waals surface area contributed by atoms with E-state index in [-0.39, 0.29) is 11.9 Å². The fourth-order valence-electron chi connectivity index (χ4n) is 4.64. The number of carbonyl (C=O) groups excluding carboxylic acids is 2. The van der Waals surface area contributed by atoms with Crippen molar-refractivity contribution in [1.29, 1.82) is 0 Å². The third-order valence-corrected chi connectivity index (χ3v) is 6.50. The molecule has 5 rings (SSSR count). The lowest BCUT2D eigenvalue weighted by Gasteiger charge is -2.40. The van der Waals surface area contributed by atoms with E-state index in [1.807, 2.05) is 64.1 Å². The number of amides is 3. The largest absolute Gasteiger partial charge is 0.489 e. The summed E-state index contributed by atoms with van der Waals surface area (Å²) in [5.74, 6) is 1.77. The first-order chi connectivity index (χ1) is 16.5. The number of benzene rings is 2. The molecule has 1 saturated heterocycles. The second kappa shape index (κ2) is 8.81. The number of rotatable bonds is 7. The van der Waals surface area contributed by atoms with Gasteiger partial charge < -0.3 is 14.5 Å². The van der Waals surface area contributed by atoms with Crippen LogP contribution in [-0.2, 0) is 11.4 Å². The maximum atomic E-state index is 13.1. The van der Waals surface area contributed by atoms with Crippen molar-refractivity contribution >= 4 is 17.9 Å². The zero-order chi connectivity index (χ0) is 23.8. The van der Waals surface area contributed by atoms with Crippen LogP contribution in [-0.4, -0.2) is 63.2 Å². The maximum Gasteiger partial charge on any atom is 0.327 e. The van der Waals surface area contributed by atoms with Gasteiger partial charge >= 0.3 is 6.03 Å². The first-order valence-electron chi connectivity index (χ1n) is 11.5. The van der Waals surface area contributed by atoms with Crippen molar-refractivity contribution in [2.45, 2.75) is 38.6 Å². The Bertz CT molecular complexity index is 1190. The summed E-state index contributed by atoms with van der Waals surface area (Å²) in [7, 11) is 3.25. The Labute approximate surface area is 198 Å². The Morgan fingerprint density at radius 2 is 1.71 bits per heavy atom. The van der Waals surface area contributed by atoms with E-state index in [0.29, 0.717) is 24.9 Å². The fraction of sp³-hybridized carbons (Fsp3) is 0.360. The summed E-state index contributed by atoms with van der Waals surface area (Å²) in [5, 5.41) is 8.90. The lowest BCUT2D eigenvalue weighted by molar-refractivity contribution is -0.133. The lowest BCUT2D eigenvalue weighted by Crippen LogP contribution is -2.61. The Morgan fingerprint density at radius 1 is 0.971 bits per heavy atom. The van der Waals surface area contributed by atoms with Crippen LogP contribution in [0.2, 0.25) is 0 Å². The van der Waals surface area contributed by atoms with Crippen LogP contribution in [0.5, 0.6) is 5.75 Å². The number of carbonyl (C=O) groups is 2. The molecule has 34 heavy (non-hydrogen) atoms. The molecule has 3 amide bonds. The molecule has 0 bridgehead atoms. The summed E-state index contributed by atoms with van der Waals surface area (Å²) < 4.78 is 7.83. The van der Waals surface area contributed by atoms with Crippen LogP contribution >= 0.6 is 0 Å². The van der Waals surface area contributed by atoms with Gasteiger partial charge in [0.25, 0.3) is 5.91 Å². The van der Waals surface area contributed by atoms with Gasteiger partial charge in [-0.15, -0.1) is 10.2 Å². The molecule has 9 heteroatoms. The van der Waals surface area contributed by atoms with Crippen molar-refractivity contribution in [3.63, 3.8) is 0 Å². The average Bonchev–Trinajstić information content (AvgIpc) is 3.43. The second-order valence-electron chi connectivity index (χ2n) is 8.69. The van der Waals surface area contributed by atoms with Gasteiger partial charge in [-0.2, -0.15) is 0 Å². The summed E-state index contributed by atoms with van der Waals surface area (Å²) in [6.07, 6.45) is 1.40. The van der Waals surface area contributed by atoms with Gasteiger partial charge in [0.05, 0.1) is 0 Å². The molecule has 176 valence electrons. The number of fused-ring (bicyclic) bond motifs is 3. The van der Waals surface area contributed by atoms with Crippen LogP contribution in [0.25, 0.3) is 11.4 Å². The van der Waals surface area contributed by atoms with Crippen molar-refractivity contribution in [3.05, 3.63) is 60.2 Å². The first kappa shape index (κ1) is 21.9. The average molecular weight is 461 g/mol. The van der Waals surface area contributed by atoms with Gasteiger partial charge in [-0.1, -0.05) is 43.7 Å². The predicted octanol–water partition coefficient (Wildman–Crippen LogP) is 3.54. The molecular formula is C25H28N6O3. The van der Waals surface area contributed by atoms with Crippen LogP contribution < -0.4 is 9.64 Å². The van der Waals surface area contributed by atoms with Gasteiger partial charge in [0.2, 0.25) is 5.95 Å². The molecule has 2 unspecified atom stereocenters. The monoisotopic (exact) mass is 460 g/mol. The molecule has 0 spiro atoms. The number of unbranched alkanes of at least 4 members (excludes halogenated alkanes) is 1. The number of hydrogen-bond acceptors (Lipinski definition) is 6. The molecule has 0 aliphatic carbocycles. The van der Waals surface area contributed by atoms with E-state index in [1.165, 1.54) is 11.9 Å². The number of hydrogen-bond donors (Lipinski definition) is 0. The number of aromatic nitrogens is 3. The Kier molecular flexibility index (Phi) is 5.69. The highest BCUT2D eigenvalue weighted by atomic mass is 16.5. The molecule has 2 atom stereocenters. The standard InChI is InChI=1S/C25H28N6O3/c1-4-5-15-30-20-22(28(2)25(33)29(3)23(20)32)31-21(26-27-24(30)31)18-11-13-19(14-12-18)34-16-17-9-7-6-8-10-17/h6-14,20,22H,4-5,15-16H2,1-3H3. The van der Waals surface area contributed by atoms with Crippen molar-refractivity contribution in [2.24, 2.45) is 0 Å². The van der Waals surface area contributed by atoms with Crippen molar-refractivity contribution in [3.8, 4) is 17.1 Å². The number of ether oxygens (including phenoxy) is 1. The molecule has 0 N–H and O–H groups in total. The normalized spacial score (nSPS) is 19.4. The summed E-state index contributed by atoms with van der Waals surface area (Å²) in [6.45, 7) is 3.26. The summed E-state index contributed by atoms with van der Waals surface area (Å²) in [6, 6.07) is 16.8. The maximum absolute atomic E-state index is 13.1. The van der Waals surface area contributed by atoms with Crippen LogP contribution in [0.3, 0.4) is 0 Å².